The first-order chi connectivity index (χ1) is 7.36. The van der Waals surface area contributed by atoms with Crippen LogP contribution in [0.2, 0.25) is 0 Å². The summed E-state index contributed by atoms with van der Waals surface area (Å²) in [7, 11) is 0. The van der Waals surface area contributed by atoms with Gasteiger partial charge in [-0.3, -0.25) is 14.8 Å². The zero-order valence-corrected chi connectivity index (χ0v) is 7.71. The smallest absolute Gasteiger partial charge is 0.288 e. The standard InChI is InChI=1S/C9H6F3NO3/c10-9(11,12)6-3-1-2-5(4-6)7(14)8(15)13-16/h1-4,16H,(H,13,15). The number of carbonyl (C=O) groups is 2. The Morgan fingerprint density at radius 1 is 1.25 bits per heavy atom. The van der Waals surface area contributed by atoms with E-state index in [4.69, 9.17) is 5.21 Å². The lowest BCUT2D eigenvalue weighted by Crippen LogP contribution is -2.28. The van der Waals surface area contributed by atoms with Crippen LogP contribution in [0, 0.1) is 0 Å². The molecule has 0 aliphatic heterocycles. The Labute approximate surface area is 87.6 Å². The molecule has 1 aromatic rings. The van der Waals surface area contributed by atoms with Crippen LogP contribution in [0.5, 0.6) is 0 Å². The molecule has 0 fully saturated rings. The summed E-state index contributed by atoms with van der Waals surface area (Å²) in [6.45, 7) is 0. The van der Waals surface area contributed by atoms with Gasteiger partial charge in [0.2, 0.25) is 0 Å². The van der Waals surface area contributed by atoms with Gasteiger partial charge in [-0.1, -0.05) is 12.1 Å². The lowest BCUT2D eigenvalue weighted by Gasteiger charge is -2.07. The molecule has 1 aromatic carbocycles. The van der Waals surface area contributed by atoms with Gasteiger partial charge in [-0.25, -0.2) is 5.48 Å². The Morgan fingerprint density at radius 3 is 2.38 bits per heavy atom. The molecule has 1 amide bonds. The van der Waals surface area contributed by atoms with E-state index in [9.17, 15) is 22.8 Å². The van der Waals surface area contributed by atoms with Gasteiger partial charge in [-0.15, -0.1) is 0 Å². The van der Waals surface area contributed by atoms with E-state index in [0.717, 1.165) is 23.7 Å². The van der Waals surface area contributed by atoms with Crippen LogP contribution in [0.15, 0.2) is 24.3 Å². The second-order valence-electron chi connectivity index (χ2n) is 2.85. The van der Waals surface area contributed by atoms with Crippen molar-refractivity contribution in [2.24, 2.45) is 0 Å². The maximum absolute atomic E-state index is 12.3. The van der Waals surface area contributed by atoms with Crippen LogP contribution in [0.25, 0.3) is 0 Å². The monoisotopic (exact) mass is 233 g/mol. The lowest BCUT2D eigenvalue weighted by atomic mass is 10.1. The number of ketones is 1. The van der Waals surface area contributed by atoms with Gasteiger partial charge < -0.3 is 0 Å². The third-order valence-electron chi connectivity index (χ3n) is 1.76. The number of nitrogens with one attached hydrogen (secondary N) is 1. The minimum Gasteiger partial charge on any atom is -0.288 e. The number of benzene rings is 1. The highest BCUT2D eigenvalue weighted by Crippen LogP contribution is 2.29. The van der Waals surface area contributed by atoms with Crippen LogP contribution < -0.4 is 5.48 Å². The number of Topliss-reactive ketones (excluding diaryl/α,β-unsaturated/α-hetero) is 1. The highest BCUT2D eigenvalue weighted by Gasteiger charge is 2.31. The molecular formula is C9H6F3NO3. The van der Waals surface area contributed by atoms with Crippen molar-refractivity contribution in [3.8, 4) is 0 Å². The topological polar surface area (TPSA) is 66.4 Å². The highest BCUT2D eigenvalue weighted by molar-refractivity contribution is 6.42. The Hall–Kier alpha value is -1.89. The van der Waals surface area contributed by atoms with Crippen LogP contribution in [0.4, 0.5) is 13.2 Å². The summed E-state index contributed by atoms with van der Waals surface area (Å²) in [6.07, 6.45) is -4.59. The quantitative estimate of drug-likeness (QED) is 0.351. The number of hydrogen-bond acceptors (Lipinski definition) is 3. The van der Waals surface area contributed by atoms with Crippen molar-refractivity contribution in [2.45, 2.75) is 6.18 Å². The van der Waals surface area contributed by atoms with Gasteiger partial charge in [0.25, 0.3) is 5.78 Å². The van der Waals surface area contributed by atoms with E-state index in [1.165, 1.54) is 0 Å². The second-order valence-corrected chi connectivity index (χ2v) is 2.85. The normalized spacial score (nSPS) is 11.0. The summed E-state index contributed by atoms with van der Waals surface area (Å²) in [5, 5.41) is 8.15. The molecule has 2 N–H and O–H groups in total. The number of amides is 1. The van der Waals surface area contributed by atoms with Crippen molar-refractivity contribution in [1.82, 2.24) is 5.48 Å². The van der Waals surface area contributed by atoms with Crippen LogP contribution >= 0.6 is 0 Å². The van der Waals surface area contributed by atoms with Crippen LogP contribution in [0.3, 0.4) is 0 Å². The number of hydroxylamine groups is 1. The van der Waals surface area contributed by atoms with Crippen LogP contribution in [-0.4, -0.2) is 16.9 Å². The Morgan fingerprint density at radius 2 is 1.88 bits per heavy atom. The van der Waals surface area contributed by atoms with Crippen molar-refractivity contribution in [2.75, 3.05) is 0 Å². The fraction of sp³-hybridized carbons (Fsp3) is 0.111. The number of carbonyl (C=O) groups excluding carboxylic acids is 2. The number of alkyl halides is 3. The molecular weight excluding hydrogens is 227 g/mol. The average molecular weight is 233 g/mol. The van der Waals surface area contributed by atoms with Crippen molar-refractivity contribution in [3.05, 3.63) is 35.4 Å². The molecule has 0 aliphatic carbocycles. The molecule has 86 valence electrons. The first-order valence-electron chi connectivity index (χ1n) is 4.02. The SMILES string of the molecule is O=C(NO)C(=O)c1cccc(C(F)(F)F)c1. The minimum absolute atomic E-state index is 0.443. The van der Waals surface area contributed by atoms with E-state index in [1.807, 2.05) is 0 Å². The zero-order chi connectivity index (χ0) is 12.3. The number of halogens is 3. The van der Waals surface area contributed by atoms with Crippen molar-refractivity contribution in [1.29, 1.82) is 0 Å². The van der Waals surface area contributed by atoms with E-state index >= 15 is 0 Å². The minimum atomic E-state index is -4.59. The Kier molecular flexibility index (Phi) is 3.28. The maximum atomic E-state index is 12.3. The first-order valence-corrected chi connectivity index (χ1v) is 4.02. The molecule has 4 nitrogen and oxygen atoms in total. The lowest BCUT2D eigenvalue weighted by molar-refractivity contribution is -0.137. The summed E-state index contributed by atoms with van der Waals surface area (Å²) in [5.41, 5.74) is -0.429. The predicted molar refractivity (Wildman–Crippen MR) is 45.7 cm³/mol. The fourth-order valence-electron chi connectivity index (χ4n) is 1.02. The third-order valence-corrected chi connectivity index (χ3v) is 1.76. The Bertz CT molecular complexity index is 428. The molecule has 0 aliphatic rings. The number of rotatable bonds is 2. The van der Waals surface area contributed by atoms with Gasteiger partial charge in [0.15, 0.2) is 0 Å². The third kappa shape index (κ3) is 2.57. The maximum Gasteiger partial charge on any atom is 0.416 e. The van der Waals surface area contributed by atoms with E-state index < -0.39 is 29.0 Å². The molecule has 0 saturated heterocycles. The summed E-state index contributed by atoms with van der Waals surface area (Å²) < 4.78 is 36.8. The highest BCUT2D eigenvalue weighted by atomic mass is 19.4. The first kappa shape index (κ1) is 12.2. The van der Waals surface area contributed by atoms with Gasteiger partial charge in [0.1, 0.15) is 0 Å². The molecule has 0 saturated carbocycles. The molecule has 0 unspecified atom stereocenters. The molecule has 0 bridgehead atoms. The van der Waals surface area contributed by atoms with Crippen molar-refractivity contribution >= 4 is 11.7 Å². The number of hydrogen-bond donors (Lipinski definition) is 2. The van der Waals surface area contributed by atoms with Gasteiger partial charge >= 0.3 is 12.1 Å². The summed E-state index contributed by atoms with van der Waals surface area (Å²) in [6, 6.07) is 3.36. The van der Waals surface area contributed by atoms with E-state index in [0.29, 0.717) is 6.07 Å². The summed E-state index contributed by atoms with van der Waals surface area (Å²) in [4.78, 5) is 21.8. The molecule has 0 aromatic heterocycles. The van der Waals surface area contributed by atoms with Crippen LogP contribution in [-0.2, 0) is 11.0 Å². The average Bonchev–Trinajstić information content (AvgIpc) is 2.26. The van der Waals surface area contributed by atoms with Crippen molar-refractivity contribution in [3.63, 3.8) is 0 Å². The van der Waals surface area contributed by atoms with E-state index in [2.05, 4.69) is 0 Å². The van der Waals surface area contributed by atoms with Gasteiger partial charge in [-0.05, 0) is 12.1 Å². The van der Waals surface area contributed by atoms with Gasteiger partial charge in [0.05, 0.1) is 5.56 Å². The van der Waals surface area contributed by atoms with Crippen LogP contribution in [0.1, 0.15) is 15.9 Å². The zero-order valence-electron chi connectivity index (χ0n) is 7.71. The molecule has 7 heteroatoms. The molecule has 0 spiro atoms. The van der Waals surface area contributed by atoms with Gasteiger partial charge in [-0.2, -0.15) is 13.2 Å². The van der Waals surface area contributed by atoms with E-state index in [1.54, 1.807) is 0 Å². The molecule has 0 atom stereocenters. The second kappa shape index (κ2) is 4.31. The fourth-order valence-corrected chi connectivity index (χ4v) is 1.02. The summed E-state index contributed by atoms with van der Waals surface area (Å²) >= 11 is 0. The molecule has 16 heavy (non-hydrogen) atoms. The summed E-state index contributed by atoms with van der Waals surface area (Å²) in [5.74, 6) is -2.63. The predicted octanol–water partition coefficient (Wildman–Crippen LogP) is 1.39. The van der Waals surface area contributed by atoms with Crippen molar-refractivity contribution < 1.29 is 28.0 Å². The molecule has 0 radical (unpaired) electrons. The molecule has 0 heterocycles. The largest absolute Gasteiger partial charge is 0.416 e. The van der Waals surface area contributed by atoms with Gasteiger partial charge in [0, 0.05) is 5.56 Å². The van der Waals surface area contributed by atoms with E-state index in [-0.39, 0.29) is 0 Å². The Balaban J connectivity index is 3.09. The molecule has 1 rings (SSSR count).